The van der Waals surface area contributed by atoms with E-state index >= 15 is 0 Å². The maximum atomic E-state index is 12.9. The number of aryl methyl sites for hydroxylation is 1. The highest BCUT2D eigenvalue weighted by Gasteiger charge is 2.11. The summed E-state index contributed by atoms with van der Waals surface area (Å²) in [5.41, 5.74) is 3.49. The second kappa shape index (κ2) is 9.47. The van der Waals surface area contributed by atoms with Gasteiger partial charge in [0.2, 0.25) is 5.91 Å². The first-order chi connectivity index (χ1) is 15.5. The molecule has 2 aromatic carbocycles. The van der Waals surface area contributed by atoms with Gasteiger partial charge in [0.05, 0.1) is 32.8 Å². The van der Waals surface area contributed by atoms with E-state index in [0.29, 0.717) is 30.7 Å². The Bertz CT molecular complexity index is 1290. The van der Waals surface area contributed by atoms with Gasteiger partial charge < -0.3 is 10.1 Å². The van der Waals surface area contributed by atoms with E-state index in [2.05, 4.69) is 15.4 Å². The first-order valence-electron chi connectivity index (χ1n) is 10.4. The van der Waals surface area contributed by atoms with Crippen molar-refractivity contribution >= 4 is 16.9 Å². The average molecular weight is 431 g/mol. The van der Waals surface area contributed by atoms with E-state index in [9.17, 15) is 9.59 Å². The quantitative estimate of drug-likeness (QED) is 0.462. The van der Waals surface area contributed by atoms with E-state index in [1.165, 1.54) is 6.20 Å². The number of benzene rings is 2. The maximum absolute atomic E-state index is 12.9. The van der Waals surface area contributed by atoms with Crippen LogP contribution in [0.15, 0.2) is 65.8 Å². The third-order valence-electron chi connectivity index (χ3n) is 5.39. The molecule has 2 aromatic heterocycles. The summed E-state index contributed by atoms with van der Waals surface area (Å²) in [6, 6.07) is 15.4. The summed E-state index contributed by atoms with van der Waals surface area (Å²) < 4.78 is 8.36. The van der Waals surface area contributed by atoms with Crippen molar-refractivity contribution in [1.29, 1.82) is 0 Å². The molecule has 2 heterocycles. The number of aromatic nitrogens is 4. The minimum absolute atomic E-state index is 0.0832. The van der Waals surface area contributed by atoms with Crippen LogP contribution in [0.1, 0.15) is 16.7 Å². The lowest BCUT2D eigenvalue weighted by atomic mass is 10.1. The van der Waals surface area contributed by atoms with E-state index in [0.717, 1.165) is 22.4 Å². The van der Waals surface area contributed by atoms with E-state index in [1.807, 2.05) is 55.5 Å². The van der Waals surface area contributed by atoms with Crippen molar-refractivity contribution < 1.29 is 9.53 Å². The molecule has 8 nitrogen and oxygen atoms in total. The van der Waals surface area contributed by atoms with Crippen LogP contribution in [-0.4, -0.2) is 38.9 Å². The number of ether oxygens (including phenoxy) is 1. The molecule has 1 N–H and O–H groups in total. The molecule has 32 heavy (non-hydrogen) atoms. The van der Waals surface area contributed by atoms with Gasteiger partial charge in [-0.1, -0.05) is 36.4 Å². The molecule has 0 saturated carbocycles. The third kappa shape index (κ3) is 4.69. The maximum Gasteiger partial charge on any atom is 0.264 e. The predicted molar refractivity (Wildman–Crippen MR) is 122 cm³/mol. The summed E-state index contributed by atoms with van der Waals surface area (Å²) >= 11 is 0. The number of nitrogens with one attached hydrogen (secondary N) is 1. The predicted octanol–water partition coefficient (Wildman–Crippen LogP) is 2.32. The van der Waals surface area contributed by atoms with E-state index < -0.39 is 0 Å². The summed E-state index contributed by atoms with van der Waals surface area (Å²) in [5, 5.41) is 7.65. The minimum Gasteiger partial charge on any atom is -0.497 e. The highest BCUT2D eigenvalue weighted by atomic mass is 16.5. The van der Waals surface area contributed by atoms with Crippen LogP contribution in [-0.2, 0) is 24.3 Å². The molecule has 0 aliphatic carbocycles. The Morgan fingerprint density at radius 1 is 1.12 bits per heavy atom. The largest absolute Gasteiger partial charge is 0.497 e. The van der Waals surface area contributed by atoms with Gasteiger partial charge in [-0.3, -0.25) is 14.2 Å². The van der Waals surface area contributed by atoms with Crippen LogP contribution in [0, 0.1) is 6.92 Å². The lowest BCUT2D eigenvalue weighted by Gasteiger charge is -2.09. The SMILES string of the molecule is COc1ccc(CC(=O)NCCn2ncc3c(=O)n(Cc4ccccc4C)cnc32)cc1. The molecule has 0 aliphatic rings. The summed E-state index contributed by atoms with van der Waals surface area (Å²) in [5.74, 6) is 0.672. The number of fused-ring (bicyclic) bond motifs is 1. The first kappa shape index (κ1) is 21.3. The van der Waals surface area contributed by atoms with Crippen molar-refractivity contribution in [3.05, 3.63) is 88.1 Å². The van der Waals surface area contributed by atoms with Crippen molar-refractivity contribution in [2.24, 2.45) is 0 Å². The topological polar surface area (TPSA) is 91.0 Å². The highest BCUT2D eigenvalue weighted by molar-refractivity contribution is 5.78. The molecule has 0 atom stereocenters. The van der Waals surface area contributed by atoms with Crippen molar-refractivity contribution in [2.45, 2.75) is 26.4 Å². The molecule has 0 radical (unpaired) electrons. The second-order valence-corrected chi connectivity index (χ2v) is 7.58. The van der Waals surface area contributed by atoms with Gasteiger partial charge in [-0.2, -0.15) is 5.10 Å². The molecule has 0 aliphatic heterocycles. The molecule has 0 fully saturated rings. The third-order valence-corrected chi connectivity index (χ3v) is 5.39. The normalized spacial score (nSPS) is 10.9. The Labute approximate surface area is 185 Å². The molecule has 4 rings (SSSR count). The molecule has 0 bridgehead atoms. The number of amides is 1. The molecule has 8 heteroatoms. The minimum atomic E-state index is -0.131. The smallest absolute Gasteiger partial charge is 0.264 e. The van der Waals surface area contributed by atoms with Gasteiger partial charge in [0.25, 0.3) is 5.56 Å². The van der Waals surface area contributed by atoms with Crippen LogP contribution in [0.5, 0.6) is 5.75 Å². The Balaban J connectivity index is 1.38. The number of hydrogen-bond acceptors (Lipinski definition) is 5. The number of nitrogens with zero attached hydrogens (tertiary/aromatic N) is 4. The number of hydrogen-bond donors (Lipinski definition) is 1. The molecule has 4 aromatic rings. The zero-order valence-electron chi connectivity index (χ0n) is 18.1. The molecule has 0 unspecified atom stereocenters. The van der Waals surface area contributed by atoms with Gasteiger partial charge in [-0.05, 0) is 35.7 Å². The Hall–Kier alpha value is -3.94. The number of methoxy groups -OCH3 is 1. The Morgan fingerprint density at radius 2 is 1.91 bits per heavy atom. The van der Waals surface area contributed by atoms with Crippen LogP contribution < -0.4 is 15.6 Å². The van der Waals surface area contributed by atoms with E-state index in [4.69, 9.17) is 4.74 Å². The van der Waals surface area contributed by atoms with Crippen molar-refractivity contribution in [3.8, 4) is 5.75 Å². The summed E-state index contributed by atoms with van der Waals surface area (Å²) in [6.45, 7) is 3.29. The van der Waals surface area contributed by atoms with E-state index in [1.54, 1.807) is 22.7 Å². The fraction of sp³-hybridized carbons (Fsp3) is 0.250. The first-order valence-corrected chi connectivity index (χ1v) is 10.4. The second-order valence-electron chi connectivity index (χ2n) is 7.58. The van der Waals surface area contributed by atoms with Gasteiger partial charge in [0.15, 0.2) is 5.65 Å². The molecule has 164 valence electrons. The highest BCUT2D eigenvalue weighted by Crippen LogP contribution is 2.12. The molecular weight excluding hydrogens is 406 g/mol. The molecular formula is C24H25N5O3. The zero-order chi connectivity index (χ0) is 22.5. The average Bonchev–Trinajstić information content (AvgIpc) is 3.21. The Morgan fingerprint density at radius 3 is 2.66 bits per heavy atom. The molecule has 0 saturated heterocycles. The van der Waals surface area contributed by atoms with Gasteiger partial charge in [0, 0.05) is 6.54 Å². The van der Waals surface area contributed by atoms with Crippen LogP contribution in [0.3, 0.4) is 0 Å². The van der Waals surface area contributed by atoms with Gasteiger partial charge in [-0.15, -0.1) is 0 Å². The Kier molecular flexibility index (Phi) is 6.30. The van der Waals surface area contributed by atoms with Crippen LogP contribution >= 0.6 is 0 Å². The van der Waals surface area contributed by atoms with Crippen molar-refractivity contribution in [2.75, 3.05) is 13.7 Å². The monoisotopic (exact) mass is 431 g/mol. The standard InChI is InChI=1S/C24H25N5O3/c1-17-5-3-4-6-19(17)15-28-16-26-23-21(24(28)31)14-27-29(23)12-11-25-22(30)13-18-7-9-20(32-2)10-8-18/h3-10,14,16H,11-13,15H2,1-2H3,(H,25,30). The van der Waals surface area contributed by atoms with Crippen LogP contribution in [0.2, 0.25) is 0 Å². The lowest BCUT2D eigenvalue weighted by Crippen LogP contribution is -2.29. The fourth-order valence-electron chi connectivity index (χ4n) is 3.54. The van der Waals surface area contributed by atoms with Crippen LogP contribution in [0.25, 0.3) is 11.0 Å². The van der Waals surface area contributed by atoms with Gasteiger partial charge >= 0.3 is 0 Å². The summed E-state index contributed by atoms with van der Waals surface area (Å²) in [7, 11) is 1.61. The lowest BCUT2D eigenvalue weighted by molar-refractivity contribution is -0.120. The van der Waals surface area contributed by atoms with Gasteiger partial charge in [-0.25, -0.2) is 9.67 Å². The zero-order valence-corrected chi connectivity index (χ0v) is 18.1. The molecule has 0 spiro atoms. The molecule has 1 amide bonds. The number of carbonyl (C=O) groups is 1. The summed E-state index contributed by atoms with van der Waals surface area (Å²) in [4.78, 5) is 29.5. The summed E-state index contributed by atoms with van der Waals surface area (Å²) in [6.07, 6.45) is 3.38. The van der Waals surface area contributed by atoms with Crippen molar-refractivity contribution in [1.82, 2.24) is 24.6 Å². The number of carbonyl (C=O) groups excluding carboxylic acids is 1. The van der Waals surface area contributed by atoms with Crippen molar-refractivity contribution in [3.63, 3.8) is 0 Å². The van der Waals surface area contributed by atoms with E-state index in [-0.39, 0.29) is 17.9 Å². The number of rotatable bonds is 8. The fourth-order valence-corrected chi connectivity index (χ4v) is 3.54. The van der Waals surface area contributed by atoms with Gasteiger partial charge in [0.1, 0.15) is 17.5 Å². The van der Waals surface area contributed by atoms with Crippen LogP contribution in [0.4, 0.5) is 0 Å².